The fourth-order valence-electron chi connectivity index (χ4n) is 2.84. The van der Waals surface area contributed by atoms with E-state index >= 15 is 0 Å². The van der Waals surface area contributed by atoms with Gasteiger partial charge in [0.1, 0.15) is 5.25 Å². The number of nitrogens with zero attached hydrogens (tertiary/aromatic N) is 1. The summed E-state index contributed by atoms with van der Waals surface area (Å²) in [6.07, 6.45) is 0.970. The molecule has 1 aliphatic heterocycles. The minimum absolute atomic E-state index is 0.174. The molecular weight excluding hydrogens is 256 g/mol. The van der Waals surface area contributed by atoms with Gasteiger partial charge in [-0.25, -0.2) is 0 Å². The quantitative estimate of drug-likeness (QED) is 0.857. The van der Waals surface area contributed by atoms with Gasteiger partial charge in [-0.2, -0.15) is 0 Å². The summed E-state index contributed by atoms with van der Waals surface area (Å²) in [6.45, 7) is 6.97. The Kier molecular flexibility index (Phi) is 3.33. The van der Waals surface area contributed by atoms with Crippen LogP contribution in [-0.4, -0.2) is 25.1 Å². The van der Waals surface area contributed by atoms with Crippen molar-refractivity contribution in [2.24, 2.45) is 0 Å². The summed E-state index contributed by atoms with van der Waals surface area (Å²) in [5.41, 5.74) is 3.82. The van der Waals surface area contributed by atoms with Gasteiger partial charge in [0.2, 0.25) is 0 Å². The number of aromatic amines is 1. The third-order valence-electron chi connectivity index (χ3n) is 3.84. The minimum Gasteiger partial charge on any atom is -0.598 e. The molecule has 1 N–H and O–H groups in total. The van der Waals surface area contributed by atoms with Crippen LogP contribution in [0.5, 0.6) is 0 Å². The highest BCUT2D eigenvalue weighted by molar-refractivity contribution is 7.89. The van der Waals surface area contributed by atoms with E-state index in [-0.39, 0.29) is 5.25 Å². The SMILES string of the molecule is CC1Cc2c([nH]c3ccccc23)CN1[S@+]([O-])C(C)C. The van der Waals surface area contributed by atoms with Gasteiger partial charge in [-0.3, -0.25) is 0 Å². The molecule has 1 aliphatic rings. The number of fused-ring (bicyclic) bond motifs is 3. The van der Waals surface area contributed by atoms with E-state index in [1.807, 2.05) is 13.8 Å². The smallest absolute Gasteiger partial charge is 0.130 e. The lowest BCUT2D eigenvalue weighted by Crippen LogP contribution is -2.45. The summed E-state index contributed by atoms with van der Waals surface area (Å²) in [4.78, 5) is 3.48. The molecule has 1 unspecified atom stereocenters. The van der Waals surface area contributed by atoms with Crippen LogP contribution in [0.3, 0.4) is 0 Å². The second-order valence-corrected chi connectivity index (χ2v) is 7.55. The molecule has 0 amide bonds. The van der Waals surface area contributed by atoms with Crippen molar-refractivity contribution in [3.8, 4) is 0 Å². The summed E-state index contributed by atoms with van der Waals surface area (Å²) in [6, 6.07) is 8.75. The van der Waals surface area contributed by atoms with Crippen LogP contribution in [0.15, 0.2) is 24.3 Å². The molecule has 102 valence electrons. The van der Waals surface area contributed by atoms with E-state index in [1.54, 1.807) is 0 Å². The van der Waals surface area contributed by atoms with E-state index in [4.69, 9.17) is 0 Å². The molecule has 0 spiro atoms. The van der Waals surface area contributed by atoms with Crippen LogP contribution < -0.4 is 0 Å². The summed E-state index contributed by atoms with van der Waals surface area (Å²) in [5, 5.41) is 1.49. The Morgan fingerprint density at radius 3 is 2.84 bits per heavy atom. The second kappa shape index (κ2) is 4.85. The number of rotatable bonds is 2. The van der Waals surface area contributed by atoms with E-state index in [0.717, 1.165) is 13.0 Å². The van der Waals surface area contributed by atoms with Gasteiger partial charge in [-0.05, 0) is 38.8 Å². The molecule has 2 aromatic rings. The highest BCUT2D eigenvalue weighted by atomic mass is 32.2. The van der Waals surface area contributed by atoms with Gasteiger partial charge in [0.25, 0.3) is 0 Å². The van der Waals surface area contributed by atoms with E-state index in [9.17, 15) is 4.55 Å². The van der Waals surface area contributed by atoms with Gasteiger partial charge in [-0.15, -0.1) is 4.31 Å². The van der Waals surface area contributed by atoms with Crippen molar-refractivity contribution in [3.63, 3.8) is 0 Å². The van der Waals surface area contributed by atoms with E-state index in [2.05, 4.69) is 40.5 Å². The number of hydrogen-bond acceptors (Lipinski definition) is 2. The zero-order valence-electron chi connectivity index (χ0n) is 11.6. The van der Waals surface area contributed by atoms with Crippen LogP contribution in [0.2, 0.25) is 0 Å². The fraction of sp³-hybridized carbons (Fsp3) is 0.467. The molecule has 19 heavy (non-hydrogen) atoms. The van der Waals surface area contributed by atoms with Gasteiger partial charge in [-0.1, -0.05) is 18.2 Å². The predicted octanol–water partition coefficient (Wildman–Crippen LogP) is 2.99. The van der Waals surface area contributed by atoms with Crippen LogP contribution in [-0.2, 0) is 24.3 Å². The van der Waals surface area contributed by atoms with Crippen molar-refractivity contribution in [2.75, 3.05) is 0 Å². The fourth-order valence-corrected chi connectivity index (χ4v) is 4.07. The van der Waals surface area contributed by atoms with Crippen molar-refractivity contribution < 1.29 is 4.55 Å². The van der Waals surface area contributed by atoms with Crippen molar-refractivity contribution in [1.82, 2.24) is 9.29 Å². The minimum atomic E-state index is -0.904. The zero-order valence-corrected chi connectivity index (χ0v) is 12.5. The second-order valence-electron chi connectivity index (χ2n) is 5.58. The molecule has 0 saturated carbocycles. The van der Waals surface area contributed by atoms with E-state index < -0.39 is 11.4 Å². The number of H-pyrrole nitrogens is 1. The zero-order chi connectivity index (χ0) is 13.6. The topological polar surface area (TPSA) is 42.1 Å². The summed E-state index contributed by atoms with van der Waals surface area (Å²) in [7, 11) is 0. The molecule has 0 radical (unpaired) electrons. The first-order valence-corrected chi connectivity index (χ1v) is 8.00. The normalized spacial score (nSPS) is 21.8. The van der Waals surface area contributed by atoms with Crippen molar-refractivity contribution >= 4 is 22.3 Å². The van der Waals surface area contributed by atoms with Crippen LogP contribution in [0.25, 0.3) is 10.9 Å². The molecule has 1 aromatic carbocycles. The molecule has 3 rings (SSSR count). The number of nitrogens with one attached hydrogen (secondary N) is 1. The summed E-state index contributed by atoms with van der Waals surface area (Å²) in [5.74, 6) is 0. The summed E-state index contributed by atoms with van der Waals surface area (Å²) < 4.78 is 14.5. The Balaban J connectivity index is 1.99. The average Bonchev–Trinajstić information content (AvgIpc) is 2.74. The first-order chi connectivity index (χ1) is 9.08. The molecule has 0 saturated heterocycles. The van der Waals surface area contributed by atoms with Crippen LogP contribution in [0.1, 0.15) is 32.0 Å². The number of hydrogen-bond donors (Lipinski definition) is 1. The van der Waals surface area contributed by atoms with Gasteiger partial charge in [0.15, 0.2) is 0 Å². The Morgan fingerprint density at radius 1 is 1.37 bits per heavy atom. The van der Waals surface area contributed by atoms with Gasteiger partial charge >= 0.3 is 0 Å². The van der Waals surface area contributed by atoms with Crippen molar-refractivity contribution in [1.29, 1.82) is 0 Å². The maximum atomic E-state index is 12.4. The molecule has 1 aromatic heterocycles. The lowest BCUT2D eigenvalue weighted by atomic mass is 10.00. The van der Waals surface area contributed by atoms with Crippen molar-refractivity contribution in [3.05, 3.63) is 35.5 Å². The Hall–Kier alpha value is -0.970. The molecule has 3 nitrogen and oxygen atoms in total. The highest BCUT2D eigenvalue weighted by Crippen LogP contribution is 2.32. The Labute approximate surface area is 117 Å². The Morgan fingerprint density at radius 2 is 2.11 bits per heavy atom. The summed E-state index contributed by atoms with van der Waals surface area (Å²) >= 11 is -0.904. The van der Waals surface area contributed by atoms with Crippen molar-refractivity contribution in [2.45, 2.75) is 45.0 Å². The molecule has 0 aliphatic carbocycles. The van der Waals surface area contributed by atoms with E-state index in [1.165, 1.54) is 22.2 Å². The first kappa shape index (κ1) is 13.0. The Bertz CT molecular complexity index is 593. The number of benzene rings is 1. The van der Waals surface area contributed by atoms with E-state index in [0.29, 0.717) is 6.04 Å². The number of para-hydroxylation sites is 1. The largest absolute Gasteiger partial charge is 0.598 e. The van der Waals surface area contributed by atoms with Crippen LogP contribution >= 0.6 is 0 Å². The standard InChI is InChI=1S/C15H20N2OS/c1-10(2)19(18)17-9-15-13(8-11(17)3)12-6-4-5-7-14(12)16-15/h4-7,10-11,16H,8-9H2,1-3H3/t11?,19-/m1/s1. The molecule has 4 heteroatoms. The molecular formula is C15H20N2OS. The number of aromatic nitrogens is 1. The lowest BCUT2D eigenvalue weighted by Gasteiger charge is -2.34. The van der Waals surface area contributed by atoms with Crippen LogP contribution in [0.4, 0.5) is 0 Å². The predicted molar refractivity (Wildman–Crippen MR) is 80.3 cm³/mol. The molecule has 2 heterocycles. The third-order valence-corrected chi connectivity index (χ3v) is 5.60. The monoisotopic (exact) mass is 276 g/mol. The molecule has 0 fully saturated rings. The highest BCUT2D eigenvalue weighted by Gasteiger charge is 2.34. The first-order valence-electron chi connectivity index (χ1n) is 6.83. The lowest BCUT2D eigenvalue weighted by molar-refractivity contribution is 0.304. The average molecular weight is 276 g/mol. The molecule has 2 atom stereocenters. The maximum Gasteiger partial charge on any atom is 0.130 e. The molecule has 0 bridgehead atoms. The maximum absolute atomic E-state index is 12.4. The van der Waals surface area contributed by atoms with Gasteiger partial charge in [0, 0.05) is 28.0 Å². The van der Waals surface area contributed by atoms with Gasteiger partial charge < -0.3 is 9.54 Å². The van der Waals surface area contributed by atoms with Gasteiger partial charge in [0.05, 0.1) is 12.6 Å². The third kappa shape index (κ3) is 2.18. The van der Waals surface area contributed by atoms with Crippen LogP contribution in [0, 0.1) is 0 Å².